The summed E-state index contributed by atoms with van der Waals surface area (Å²) in [5.74, 6) is 1.25. The first-order chi connectivity index (χ1) is 12.0. The number of rotatable bonds is 4. The van der Waals surface area contributed by atoms with E-state index in [2.05, 4.69) is 47.3 Å². The van der Waals surface area contributed by atoms with Crippen LogP contribution in [-0.4, -0.2) is 52.7 Å². The van der Waals surface area contributed by atoms with Crippen LogP contribution < -0.4 is 10.2 Å². The highest BCUT2D eigenvalue weighted by atomic mass is 16.1. The minimum absolute atomic E-state index is 0.0258. The SMILES string of the molecule is CC(C)(C)c1ccccc1Nc1cnnc(N2CCN(C=O)CC2)n1. The summed E-state index contributed by atoms with van der Waals surface area (Å²) < 4.78 is 0. The Morgan fingerprint density at radius 3 is 2.52 bits per heavy atom. The van der Waals surface area contributed by atoms with Crippen LogP contribution in [0.15, 0.2) is 30.5 Å². The normalized spacial score (nSPS) is 15.2. The Morgan fingerprint density at radius 1 is 1.12 bits per heavy atom. The number of benzene rings is 1. The number of para-hydroxylation sites is 1. The molecule has 0 bridgehead atoms. The van der Waals surface area contributed by atoms with E-state index in [9.17, 15) is 4.79 Å². The topological polar surface area (TPSA) is 74.2 Å². The molecule has 1 aromatic carbocycles. The highest BCUT2D eigenvalue weighted by Gasteiger charge is 2.20. The van der Waals surface area contributed by atoms with Gasteiger partial charge in [-0.05, 0) is 17.0 Å². The molecule has 2 aromatic rings. The maximum atomic E-state index is 10.8. The summed E-state index contributed by atoms with van der Waals surface area (Å²) in [6, 6.07) is 8.22. The third-order valence-electron chi connectivity index (χ3n) is 4.29. The molecule has 0 saturated carbocycles. The number of hydrogen-bond acceptors (Lipinski definition) is 6. The Balaban J connectivity index is 1.78. The Bertz CT molecular complexity index is 734. The minimum Gasteiger partial charge on any atom is -0.342 e. The molecule has 3 rings (SSSR count). The van der Waals surface area contributed by atoms with Crippen LogP contribution in [0.1, 0.15) is 26.3 Å². The molecule has 0 radical (unpaired) electrons. The third kappa shape index (κ3) is 4.04. The van der Waals surface area contributed by atoms with Crippen molar-refractivity contribution in [1.82, 2.24) is 20.1 Å². The Hall–Kier alpha value is -2.70. The molecule has 7 nitrogen and oxygen atoms in total. The lowest BCUT2D eigenvalue weighted by Gasteiger charge is -2.32. The van der Waals surface area contributed by atoms with Crippen LogP contribution >= 0.6 is 0 Å². The van der Waals surface area contributed by atoms with Gasteiger partial charge in [-0.15, -0.1) is 5.10 Å². The van der Waals surface area contributed by atoms with Crippen molar-refractivity contribution in [2.24, 2.45) is 0 Å². The second kappa shape index (κ2) is 7.04. The fraction of sp³-hybridized carbons (Fsp3) is 0.444. The third-order valence-corrected chi connectivity index (χ3v) is 4.29. The van der Waals surface area contributed by atoms with Crippen LogP contribution in [0.3, 0.4) is 0 Å². The monoisotopic (exact) mass is 340 g/mol. The van der Waals surface area contributed by atoms with Crippen molar-refractivity contribution in [3.05, 3.63) is 36.0 Å². The lowest BCUT2D eigenvalue weighted by molar-refractivity contribution is -0.118. The number of nitrogens with zero attached hydrogens (tertiary/aromatic N) is 5. The van der Waals surface area contributed by atoms with E-state index >= 15 is 0 Å². The molecule has 2 heterocycles. The van der Waals surface area contributed by atoms with E-state index in [1.165, 1.54) is 5.56 Å². The first-order valence-electron chi connectivity index (χ1n) is 8.48. The number of amides is 1. The second-order valence-corrected chi connectivity index (χ2v) is 7.19. The average molecular weight is 340 g/mol. The van der Waals surface area contributed by atoms with Gasteiger partial charge in [-0.25, -0.2) is 0 Å². The zero-order valence-corrected chi connectivity index (χ0v) is 14.9. The van der Waals surface area contributed by atoms with Crippen LogP contribution in [0.5, 0.6) is 0 Å². The summed E-state index contributed by atoms with van der Waals surface area (Å²) in [5.41, 5.74) is 2.26. The number of carbonyl (C=O) groups excluding carboxylic acids is 1. The molecule has 1 amide bonds. The molecule has 0 atom stereocenters. The Labute approximate surface area is 148 Å². The highest BCUT2D eigenvalue weighted by Crippen LogP contribution is 2.30. The van der Waals surface area contributed by atoms with Gasteiger partial charge in [-0.2, -0.15) is 10.1 Å². The van der Waals surface area contributed by atoms with E-state index in [4.69, 9.17) is 0 Å². The molecule has 132 valence electrons. The molecular formula is C18H24N6O. The molecule has 0 aliphatic carbocycles. The van der Waals surface area contributed by atoms with Crippen molar-refractivity contribution < 1.29 is 4.79 Å². The molecule has 1 aromatic heterocycles. The first-order valence-corrected chi connectivity index (χ1v) is 8.48. The molecule has 1 saturated heterocycles. The van der Waals surface area contributed by atoms with Gasteiger partial charge in [0, 0.05) is 31.9 Å². The second-order valence-electron chi connectivity index (χ2n) is 7.19. The van der Waals surface area contributed by atoms with Crippen LogP contribution in [0, 0.1) is 0 Å². The standard InChI is InChI=1S/C18H24N6O/c1-18(2,3)14-6-4-5-7-15(14)20-16-12-19-22-17(21-16)24-10-8-23(13-25)9-11-24/h4-7,12-13H,8-11H2,1-3H3,(H,20,21,22). The van der Waals surface area contributed by atoms with Gasteiger partial charge in [0.1, 0.15) is 0 Å². The van der Waals surface area contributed by atoms with E-state index in [0.29, 0.717) is 37.9 Å². The summed E-state index contributed by atoms with van der Waals surface area (Å²) in [6.07, 6.45) is 2.52. The van der Waals surface area contributed by atoms with Crippen LogP contribution in [0.4, 0.5) is 17.5 Å². The number of anilines is 3. The maximum absolute atomic E-state index is 10.8. The molecule has 1 fully saturated rings. The molecular weight excluding hydrogens is 316 g/mol. The molecule has 1 aliphatic rings. The van der Waals surface area contributed by atoms with Gasteiger partial charge in [0.25, 0.3) is 0 Å². The van der Waals surface area contributed by atoms with Gasteiger partial charge >= 0.3 is 0 Å². The van der Waals surface area contributed by atoms with E-state index < -0.39 is 0 Å². The predicted octanol–water partition coefficient (Wildman–Crippen LogP) is 2.19. The smallest absolute Gasteiger partial charge is 0.247 e. The zero-order valence-electron chi connectivity index (χ0n) is 14.9. The lowest BCUT2D eigenvalue weighted by atomic mass is 9.86. The van der Waals surface area contributed by atoms with E-state index in [0.717, 1.165) is 12.1 Å². The number of aromatic nitrogens is 3. The minimum atomic E-state index is 0.0258. The van der Waals surface area contributed by atoms with Gasteiger partial charge in [0.05, 0.1) is 6.20 Å². The molecule has 1 N–H and O–H groups in total. The number of piperazine rings is 1. The van der Waals surface area contributed by atoms with E-state index in [-0.39, 0.29) is 5.41 Å². The van der Waals surface area contributed by atoms with Gasteiger partial charge in [0.2, 0.25) is 12.4 Å². The van der Waals surface area contributed by atoms with Crippen molar-refractivity contribution in [3.63, 3.8) is 0 Å². The molecule has 0 spiro atoms. The molecule has 1 aliphatic heterocycles. The molecule has 25 heavy (non-hydrogen) atoms. The summed E-state index contributed by atoms with van der Waals surface area (Å²) in [7, 11) is 0. The Kier molecular flexibility index (Phi) is 4.83. The van der Waals surface area contributed by atoms with Crippen molar-refractivity contribution in [1.29, 1.82) is 0 Å². The average Bonchev–Trinajstić information content (AvgIpc) is 2.62. The Morgan fingerprint density at radius 2 is 1.84 bits per heavy atom. The van der Waals surface area contributed by atoms with Crippen molar-refractivity contribution >= 4 is 23.9 Å². The van der Waals surface area contributed by atoms with Gasteiger partial charge in [0.15, 0.2) is 5.82 Å². The van der Waals surface area contributed by atoms with Crippen molar-refractivity contribution in [2.45, 2.75) is 26.2 Å². The van der Waals surface area contributed by atoms with Crippen LogP contribution in [0.25, 0.3) is 0 Å². The van der Waals surface area contributed by atoms with Gasteiger partial charge < -0.3 is 15.1 Å². The maximum Gasteiger partial charge on any atom is 0.247 e. The van der Waals surface area contributed by atoms with Crippen LogP contribution in [0.2, 0.25) is 0 Å². The molecule has 0 unspecified atom stereocenters. The van der Waals surface area contributed by atoms with Crippen molar-refractivity contribution in [3.8, 4) is 0 Å². The quantitative estimate of drug-likeness (QED) is 0.860. The zero-order chi connectivity index (χ0) is 17.9. The largest absolute Gasteiger partial charge is 0.342 e. The summed E-state index contributed by atoms with van der Waals surface area (Å²) >= 11 is 0. The van der Waals surface area contributed by atoms with Gasteiger partial charge in [-0.3, -0.25) is 4.79 Å². The number of nitrogens with one attached hydrogen (secondary N) is 1. The van der Waals surface area contributed by atoms with E-state index in [1.54, 1.807) is 11.1 Å². The summed E-state index contributed by atoms with van der Waals surface area (Å²) in [4.78, 5) is 19.2. The highest BCUT2D eigenvalue weighted by molar-refractivity contribution is 5.62. The van der Waals surface area contributed by atoms with Gasteiger partial charge in [-0.1, -0.05) is 39.0 Å². The van der Waals surface area contributed by atoms with Crippen molar-refractivity contribution in [2.75, 3.05) is 36.4 Å². The fourth-order valence-electron chi connectivity index (χ4n) is 2.90. The number of carbonyl (C=O) groups is 1. The fourth-order valence-corrected chi connectivity index (χ4v) is 2.90. The molecule has 7 heteroatoms. The summed E-state index contributed by atoms with van der Waals surface area (Å²) in [6.45, 7) is 9.33. The first kappa shape index (κ1) is 17.1. The lowest BCUT2D eigenvalue weighted by Crippen LogP contribution is -2.46. The predicted molar refractivity (Wildman–Crippen MR) is 98.1 cm³/mol. The van der Waals surface area contributed by atoms with Crippen LogP contribution in [-0.2, 0) is 10.2 Å². The number of hydrogen-bond donors (Lipinski definition) is 1. The summed E-state index contributed by atoms with van der Waals surface area (Å²) in [5, 5.41) is 11.6. The van der Waals surface area contributed by atoms with E-state index in [1.807, 2.05) is 23.1 Å².